The molecule has 2 amide bonds. The lowest BCUT2D eigenvalue weighted by atomic mass is 9.96. The second kappa shape index (κ2) is 8.02. The van der Waals surface area contributed by atoms with Gasteiger partial charge in [-0.05, 0) is 48.9 Å². The lowest BCUT2D eigenvalue weighted by Gasteiger charge is -2.32. The van der Waals surface area contributed by atoms with E-state index in [1.165, 1.54) is 11.3 Å². The molecule has 1 aromatic carbocycles. The lowest BCUT2D eigenvalue weighted by Crippen LogP contribution is -2.45. The molecule has 132 valence electrons. The van der Waals surface area contributed by atoms with Crippen LogP contribution in [0.25, 0.3) is 0 Å². The van der Waals surface area contributed by atoms with Crippen molar-refractivity contribution in [3.63, 3.8) is 0 Å². The quantitative estimate of drug-likeness (QED) is 0.872. The topological polar surface area (TPSA) is 49.4 Å². The molecule has 2 unspecified atom stereocenters. The third-order valence-corrected chi connectivity index (χ3v) is 5.65. The highest BCUT2D eigenvalue weighted by Crippen LogP contribution is 2.22. The normalized spacial score (nSPS) is 18.6. The summed E-state index contributed by atoms with van der Waals surface area (Å²) in [6.07, 6.45) is 1.66. The fourth-order valence-electron chi connectivity index (χ4n) is 3.10. The molecule has 6 heteroatoms. The number of hydrogen-bond acceptors (Lipinski definition) is 3. The van der Waals surface area contributed by atoms with Crippen molar-refractivity contribution in [1.29, 1.82) is 0 Å². The minimum atomic E-state index is -0.160. The van der Waals surface area contributed by atoms with E-state index in [-0.39, 0.29) is 23.8 Å². The third kappa shape index (κ3) is 4.41. The Morgan fingerprint density at radius 1 is 1.28 bits per heavy atom. The summed E-state index contributed by atoms with van der Waals surface area (Å²) < 4.78 is 0. The summed E-state index contributed by atoms with van der Waals surface area (Å²) in [4.78, 5) is 27.7. The largest absolute Gasteiger partial charge is 0.349 e. The van der Waals surface area contributed by atoms with Crippen molar-refractivity contribution in [1.82, 2.24) is 10.2 Å². The SMILES string of the molecule is CC(NC(=O)C1CCCN(C(=O)c2cccs2)C1)c1ccc(Cl)cc1. The number of carbonyl (C=O) groups excluding carboxylic acids is 2. The van der Waals surface area contributed by atoms with Gasteiger partial charge in [-0.1, -0.05) is 29.8 Å². The second-order valence-corrected chi connectivity index (χ2v) is 7.73. The number of nitrogens with zero attached hydrogens (tertiary/aromatic N) is 1. The van der Waals surface area contributed by atoms with Crippen LogP contribution < -0.4 is 5.32 Å². The van der Waals surface area contributed by atoms with Gasteiger partial charge in [0.1, 0.15) is 0 Å². The van der Waals surface area contributed by atoms with Crippen molar-refractivity contribution < 1.29 is 9.59 Å². The molecule has 1 aliphatic heterocycles. The fraction of sp³-hybridized carbons (Fsp3) is 0.368. The predicted molar refractivity (Wildman–Crippen MR) is 101 cm³/mol. The van der Waals surface area contributed by atoms with Crippen LogP contribution in [-0.2, 0) is 4.79 Å². The van der Waals surface area contributed by atoms with E-state index < -0.39 is 0 Å². The summed E-state index contributed by atoms with van der Waals surface area (Å²) in [6.45, 7) is 3.15. The molecule has 1 fully saturated rings. The minimum Gasteiger partial charge on any atom is -0.349 e. The van der Waals surface area contributed by atoms with Gasteiger partial charge in [-0.3, -0.25) is 9.59 Å². The number of halogens is 1. The molecule has 3 rings (SSSR count). The molecule has 0 saturated carbocycles. The predicted octanol–water partition coefficient (Wildman–Crippen LogP) is 4.13. The Balaban J connectivity index is 1.60. The Labute approximate surface area is 156 Å². The van der Waals surface area contributed by atoms with E-state index in [0.717, 1.165) is 23.3 Å². The van der Waals surface area contributed by atoms with Crippen molar-refractivity contribution in [2.45, 2.75) is 25.8 Å². The molecule has 0 bridgehead atoms. The van der Waals surface area contributed by atoms with Crippen LogP contribution >= 0.6 is 22.9 Å². The van der Waals surface area contributed by atoms with Gasteiger partial charge in [0.25, 0.3) is 5.91 Å². The molecule has 1 aliphatic rings. The number of likely N-dealkylation sites (tertiary alicyclic amines) is 1. The van der Waals surface area contributed by atoms with Gasteiger partial charge in [-0.15, -0.1) is 11.3 Å². The standard InChI is InChI=1S/C19H21ClN2O2S/c1-13(14-6-8-16(20)9-7-14)21-18(23)15-4-2-10-22(12-15)19(24)17-5-3-11-25-17/h3,5-9,11,13,15H,2,4,10,12H2,1H3,(H,21,23). The maximum atomic E-state index is 12.6. The van der Waals surface area contributed by atoms with Gasteiger partial charge in [0.2, 0.25) is 5.91 Å². The molecule has 2 aromatic rings. The van der Waals surface area contributed by atoms with Gasteiger partial charge in [0.05, 0.1) is 16.8 Å². The van der Waals surface area contributed by atoms with Crippen molar-refractivity contribution in [3.8, 4) is 0 Å². The number of benzene rings is 1. The van der Waals surface area contributed by atoms with Gasteiger partial charge >= 0.3 is 0 Å². The van der Waals surface area contributed by atoms with Crippen molar-refractivity contribution in [3.05, 3.63) is 57.2 Å². The average Bonchev–Trinajstić information content (AvgIpc) is 3.16. The Morgan fingerprint density at radius 2 is 2.04 bits per heavy atom. The summed E-state index contributed by atoms with van der Waals surface area (Å²) in [5.74, 6) is -0.128. The molecule has 0 aliphatic carbocycles. The Kier molecular flexibility index (Phi) is 5.76. The van der Waals surface area contributed by atoms with E-state index in [9.17, 15) is 9.59 Å². The van der Waals surface area contributed by atoms with Gasteiger partial charge in [-0.2, -0.15) is 0 Å². The first-order valence-corrected chi connectivity index (χ1v) is 9.69. The first kappa shape index (κ1) is 18.0. The van der Waals surface area contributed by atoms with Crippen molar-refractivity contribution in [2.24, 2.45) is 5.92 Å². The number of nitrogens with one attached hydrogen (secondary N) is 1. The van der Waals surface area contributed by atoms with Crippen LogP contribution in [0.5, 0.6) is 0 Å². The smallest absolute Gasteiger partial charge is 0.263 e. The van der Waals surface area contributed by atoms with Crippen LogP contribution in [-0.4, -0.2) is 29.8 Å². The summed E-state index contributed by atoms with van der Waals surface area (Å²) in [5.41, 5.74) is 1.01. The average molecular weight is 377 g/mol. The van der Waals surface area contributed by atoms with E-state index in [4.69, 9.17) is 11.6 Å². The van der Waals surface area contributed by atoms with Crippen LogP contribution in [0, 0.1) is 5.92 Å². The number of rotatable bonds is 4. The molecule has 0 radical (unpaired) electrons. The Morgan fingerprint density at radius 3 is 2.72 bits per heavy atom. The molecule has 1 aromatic heterocycles. The van der Waals surface area contributed by atoms with E-state index in [1.807, 2.05) is 48.7 Å². The minimum absolute atomic E-state index is 0.00568. The van der Waals surface area contributed by atoms with Crippen LogP contribution in [0.1, 0.15) is 41.0 Å². The van der Waals surface area contributed by atoms with Crippen LogP contribution in [0.3, 0.4) is 0 Å². The number of carbonyl (C=O) groups is 2. The highest BCUT2D eigenvalue weighted by atomic mass is 35.5. The molecule has 2 heterocycles. The van der Waals surface area contributed by atoms with Crippen LogP contribution in [0.2, 0.25) is 5.02 Å². The van der Waals surface area contributed by atoms with Crippen LogP contribution in [0.15, 0.2) is 41.8 Å². The molecular formula is C19H21ClN2O2S. The van der Waals surface area contributed by atoms with Gasteiger partial charge < -0.3 is 10.2 Å². The summed E-state index contributed by atoms with van der Waals surface area (Å²) in [6, 6.07) is 11.1. The third-order valence-electron chi connectivity index (χ3n) is 4.54. The zero-order chi connectivity index (χ0) is 17.8. The Bertz CT molecular complexity index is 730. The van der Waals surface area contributed by atoms with Crippen molar-refractivity contribution >= 4 is 34.8 Å². The monoisotopic (exact) mass is 376 g/mol. The Hall–Kier alpha value is -1.85. The zero-order valence-corrected chi connectivity index (χ0v) is 15.6. The summed E-state index contributed by atoms with van der Waals surface area (Å²) in [5, 5.41) is 5.64. The maximum Gasteiger partial charge on any atom is 0.263 e. The number of thiophene rings is 1. The van der Waals surface area contributed by atoms with Crippen molar-refractivity contribution in [2.75, 3.05) is 13.1 Å². The highest BCUT2D eigenvalue weighted by molar-refractivity contribution is 7.12. The highest BCUT2D eigenvalue weighted by Gasteiger charge is 2.29. The molecule has 2 atom stereocenters. The van der Waals surface area contributed by atoms with E-state index in [0.29, 0.717) is 18.1 Å². The van der Waals surface area contributed by atoms with Gasteiger partial charge in [0, 0.05) is 18.1 Å². The van der Waals surface area contributed by atoms with Gasteiger partial charge in [-0.25, -0.2) is 0 Å². The second-order valence-electron chi connectivity index (χ2n) is 6.35. The molecule has 1 saturated heterocycles. The maximum absolute atomic E-state index is 12.6. The summed E-state index contributed by atoms with van der Waals surface area (Å²) >= 11 is 7.35. The van der Waals surface area contributed by atoms with E-state index >= 15 is 0 Å². The number of piperidine rings is 1. The molecule has 0 spiro atoms. The lowest BCUT2D eigenvalue weighted by molar-refractivity contribution is -0.127. The molecular weight excluding hydrogens is 356 g/mol. The van der Waals surface area contributed by atoms with E-state index in [1.54, 1.807) is 4.90 Å². The first-order valence-electron chi connectivity index (χ1n) is 8.43. The zero-order valence-electron chi connectivity index (χ0n) is 14.1. The van der Waals surface area contributed by atoms with Gasteiger partial charge in [0.15, 0.2) is 0 Å². The molecule has 4 nitrogen and oxygen atoms in total. The van der Waals surface area contributed by atoms with Crippen LogP contribution in [0.4, 0.5) is 0 Å². The number of hydrogen-bond donors (Lipinski definition) is 1. The fourth-order valence-corrected chi connectivity index (χ4v) is 3.91. The van der Waals surface area contributed by atoms with E-state index in [2.05, 4.69) is 5.32 Å². The first-order chi connectivity index (χ1) is 12.0. The number of amides is 2. The molecule has 1 N–H and O–H groups in total. The molecule has 25 heavy (non-hydrogen) atoms. The summed E-state index contributed by atoms with van der Waals surface area (Å²) in [7, 11) is 0.